The number of aromatic hydroxyl groups is 4. The molecule has 0 amide bonds. The molecule has 7 rings (SSSR count). The van der Waals surface area contributed by atoms with Crippen LogP contribution >= 0.6 is 0 Å². The molecule has 0 saturated heterocycles. The minimum atomic E-state index is -1.38. The summed E-state index contributed by atoms with van der Waals surface area (Å²) in [6, 6.07) is 47.7. The first-order chi connectivity index (χ1) is 23.9. The lowest BCUT2D eigenvalue weighted by Crippen LogP contribution is -2.65. The molecule has 3 unspecified atom stereocenters. The van der Waals surface area contributed by atoms with Gasteiger partial charge in [0.2, 0.25) is 0 Å². The number of hydrogen-bond donors (Lipinski definition) is 4. The number of ether oxygens (including phenoxy) is 2. The number of fused-ring (bicyclic) bond motifs is 1. The van der Waals surface area contributed by atoms with Gasteiger partial charge in [-0.15, -0.1) is 0 Å². The predicted molar refractivity (Wildman–Crippen MR) is 189 cm³/mol. The van der Waals surface area contributed by atoms with Crippen LogP contribution in [0.5, 0.6) is 28.7 Å². The van der Waals surface area contributed by atoms with Crippen molar-refractivity contribution in [3.05, 3.63) is 185 Å². The van der Waals surface area contributed by atoms with E-state index in [1.807, 2.05) is 97.1 Å². The Bertz CT molecular complexity index is 2020. The molecule has 0 spiro atoms. The van der Waals surface area contributed by atoms with Crippen LogP contribution in [0.2, 0.25) is 0 Å². The van der Waals surface area contributed by atoms with Crippen molar-refractivity contribution in [3.63, 3.8) is 0 Å². The standard InChI is InChI=1S/C43H38O6/c44-35-25-39(47)41-36(23-30-13-5-1-6-14-30)43(28-32-17-9-3-10-18-32,48-29-33-19-11-4-12-20-33)42(49-40(41)26-35,27-31-15-7-2-8-16-31)34-21-22-37(45)38(46)24-34/h1-22,24-26,36,44-47H,23,27-29H2. The summed E-state index contributed by atoms with van der Waals surface area (Å²) in [4.78, 5) is 0. The smallest absolute Gasteiger partial charge is 0.168 e. The molecule has 49 heavy (non-hydrogen) atoms. The van der Waals surface area contributed by atoms with Gasteiger partial charge in [-0.3, -0.25) is 0 Å². The fourth-order valence-corrected chi connectivity index (χ4v) is 7.41. The third-order valence-electron chi connectivity index (χ3n) is 9.65. The molecule has 6 heteroatoms. The maximum atomic E-state index is 11.7. The molecule has 0 saturated carbocycles. The lowest BCUT2D eigenvalue weighted by Gasteiger charge is -2.57. The van der Waals surface area contributed by atoms with Gasteiger partial charge in [0.25, 0.3) is 0 Å². The van der Waals surface area contributed by atoms with Crippen molar-refractivity contribution in [2.45, 2.75) is 43.0 Å². The van der Waals surface area contributed by atoms with Gasteiger partial charge in [0.15, 0.2) is 17.1 Å². The molecule has 246 valence electrons. The fourth-order valence-electron chi connectivity index (χ4n) is 7.41. The van der Waals surface area contributed by atoms with Gasteiger partial charge >= 0.3 is 0 Å². The highest BCUT2D eigenvalue weighted by Crippen LogP contribution is 2.61. The highest BCUT2D eigenvalue weighted by Gasteiger charge is 2.64. The zero-order valence-electron chi connectivity index (χ0n) is 26.9. The van der Waals surface area contributed by atoms with Crippen molar-refractivity contribution in [1.29, 1.82) is 0 Å². The molecule has 0 fully saturated rings. The van der Waals surface area contributed by atoms with E-state index in [0.29, 0.717) is 36.1 Å². The molecular formula is C43H38O6. The van der Waals surface area contributed by atoms with E-state index in [1.165, 1.54) is 24.3 Å². The lowest BCUT2D eigenvalue weighted by atomic mass is 9.60. The van der Waals surface area contributed by atoms with Gasteiger partial charge in [-0.1, -0.05) is 127 Å². The van der Waals surface area contributed by atoms with Crippen LogP contribution in [0.25, 0.3) is 0 Å². The lowest BCUT2D eigenvalue weighted by molar-refractivity contribution is -0.209. The topological polar surface area (TPSA) is 99.4 Å². The molecule has 1 aliphatic heterocycles. The summed E-state index contributed by atoms with van der Waals surface area (Å²) in [5.41, 5.74) is 2.37. The molecule has 4 N–H and O–H groups in total. The Morgan fingerprint density at radius 2 is 1.08 bits per heavy atom. The molecule has 6 aromatic rings. The van der Waals surface area contributed by atoms with Gasteiger partial charge in [-0.2, -0.15) is 0 Å². The molecule has 1 heterocycles. The van der Waals surface area contributed by atoms with E-state index >= 15 is 0 Å². The van der Waals surface area contributed by atoms with E-state index in [-0.39, 0.29) is 29.6 Å². The van der Waals surface area contributed by atoms with E-state index in [9.17, 15) is 20.4 Å². The highest BCUT2D eigenvalue weighted by atomic mass is 16.6. The van der Waals surface area contributed by atoms with Crippen LogP contribution in [0.3, 0.4) is 0 Å². The fraction of sp³-hybridized carbons (Fsp3) is 0.163. The van der Waals surface area contributed by atoms with Crippen LogP contribution < -0.4 is 4.74 Å². The number of hydrogen-bond acceptors (Lipinski definition) is 6. The minimum absolute atomic E-state index is 0.0986. The maximum absolute atomic E-state index is 11.7. The van der Waals surface area contributed by atoms with E-state index < -0.39 is 17.1 Å². The number of rotatable bonds is 10. The Morgan fingerprint density at radius 1 is 0.531 bits per heavy atom. The molecule has 0 aliphatic carbocycles. The van der Waals surface area contributed by atoms with Gasteiger partial charge in [0.05, 0.1) is 6.61 Å². The van der Waals surface area contributed by atoms with Gasteiger partial charge in [-0.25, -0.2) is 0 Å². The highest BCUT2D eigenvalue weighted by molar-refractivity contribution is 5.58. The van der Waals surface area contributed by atoms with Crippen LogP contribution in [0.15, 0.2) is 152 Å². The van der Waals surface area contributed by atoms with Gasteiger partial charge in [0.1, 0.15) is 22.8 Å². The Kier molecular flexibility index (Phi) is 8.72. The summed E-state index contributed by atoms with van der Waals surface area (Å²) in [6.07, 6.45) is 1.10. The number of phenolic OH excluding ortho intramolecular Hbond substituents is 4. The Morgan fingerprint density at radius 3 is 1.67 bits per heavy atom. The van der Waals surface area contributed by atoms with Crippen LogP contribution in [0, 0.1) is 0 Å². The Hall–Kier alpha value is -5.72. The normalized spacial score (nSPS) is 19.9. The van der Waals surface area contributed by atoms with Gasteiger partial charge in [0, 0.05) is 42.0 Å². The first-order valence-electron chi connectivity index (χ1n) is 16.4. The molecular weight excluding hydrogens is 612 g/mol. The maximum Gasteiger partial charge on any atom is 0.168 e. The van der Waals surface area contributed by atoms with Crippen molar-refractivity contribution in [2.75, 3.05) is 0 Å². The summed E-state index contributed by atoms with van der Waals surface area (Å²) in [5, 5.41) is 44.1. The minimum Gasteiger partial charge on any atom is -0.508 e. The second-order valence-electron chi connectivity index (χ2n) is 12.7. The largest absolute Gasteiger partial charge is 0.508 e. The molecule has 3 atom stereocenters. The summed E-state index contributed by atoms with van der Waals surface area (Å²) in [6.45, 7) is 0.219. The quantitative estimate of drug-likeness (QED) is 0.111. The molecule has 0 aromatic heterocycles. The monoisotopic (exact) mass is 650 g/mol. The van der Waals surface area contributed by atoms with Crippen LogP contribution in [-0.2, 0) is 36.2 Å². The Balaban J connectivity index is 1.59. The van der Waals surface area contributed by atoms with E-state index in [1.54, 1.807) is 6.07 Å². The third-order valence-corrected chi connectivity index (χ3v) is 9.65. The van der Waals surface area contributed by atoms with Crippen molar-refractivity contribution in [2.24, 2.45) is 0 Å². The first kappa shape index (κ1) is 31.9. The Labute approximate surface area is 286 Å². The SMILES string of the molecule is Oc1cc(O)c2c(c1)OC(Cc1ccccc1)(c1ccc(O)c(O)c1)C(Cc1ccccc1)(OCc1ccccc1)C2Cc1ccccc1. The molecule has 1 aliphatic rings. The van der Waals surface area contributed by atoms with Crippen molar-refractivity contribution in [1.82, 2.24) is 0 Å². The third kappa shape index (κ3) is 6.19. The molecule has 0 bridgehead atoms. The van der Waals surface area contributed by atoms with Crippen LogP contribution in [-0.4, -0.2) is 26.0 Å². The van der Waals surface area contributed by atoms with E-state index in [4.69, 9.17) is 9.47 Å². The molecule has 6 aromatic carbocycles. The predicted octanol–water partition coefficient (Wildman–Crippen LogP) is 8.56. The van der Waals surface area contributed by atoms with Crippen molar-refractivity contribution >= 4 is 0 Å². The number of phenols is 4. The average Bonchev–Trinajstić information content (AvgIpc) is 3.11. The van der Waals surface area contributed by atoms with Crippen molar-refractivity contribution in [3.8, 4) is 28.7 Å². The first-order valence-corrected chi connectivity index (χ1v) is 16.4. The van der Waals surface area contributed by atoms with Gasteiger partial charge < -0.3 is 29.9 Å². The van der Waals surface area contributed by atoms with Crippen molar-refractivity contribution < 1.29 is 29.9 Å². The molecule has 6 nitrogen and oxygen atoms in total. The van der Waals surface area contributed by atoms with E-state index in [0.717, 1.165) is 22.3 Å². The van der Waals surface area contributed by atoms with Gasteiger partial charge in [-0.05, 0) is 40.8 Å². The zero-order chi connectivity index (χ0) is 33.8. The second-order valence-corrected chi connectivity index (χ2v) is 12.7. The summed E-state index contributed by atoms with van der Waals surface area (Å²) in [7, 11) is 0. The average molecular weight is 651 g/mol. The van der Waals surface area contributed by atoms with Crippen LogP contribution in [0.4, 0.5) is 0 Å². The molecule has 0 radical (unpaired) electrons. The summed E-state index contributed by atoms with van der Waals surface area (Å²) in [5.74, 6) is -1.02. The number of benzene rings is 6. The van der Waals surface area contributed by atoms with E-state index in [2.05, 4.69) is 24.3 Å². The second kappa shape index (κ2) is 13.4. The summed E-state index contributed by atoms with van der Waals surface area (Å²) < 4.78 is 14.7. The van der Waals surface area contributed by atoms with Crippen LogP contribution in [0.1, 0.15) is 39.3 Å². The zero-order valence-corrected chi connectivity index (χ0v) is 26.9. The summed E-state index contributed by atoms with van der Waals surface area (Å²) >= 11 is 0.